The van der Waals surface area contributed by atoms with Gasteiger partial charge < -0.3 is 5.32 Å². The van der Waals surface area contributed by atoms with Gasteiger partial charge in [0.25, 0.3) is 0 Å². The van der Waals surface area contributed by atoms with E-state index in [0.717, 1.165) is 36.7 Å². The number of benzene rings is 1. The molecule has 1 unspecified atom stereocenters. The van der Waals surface area contributed by atoms with Crippen LogP contribution in [0.2, 0.25) is 0 Å². The second-order valence-corrected chi connectivity index (χ2v) is 7.17. The molecule has 1 fully saturated rings. The maximum absolute atomic E-state index is 12.3. The van der Waals surface area contributed by atoms with E-state index in [1.165, 1.54) is 0 Å². The molecule has 0 amide bonds. The van der Waals surface area contributed by atoms with Crippen LogP contribution in [-0.2, 0) is 0 Å². The van der Waals surface area contributed by atoms with E-state index in [0.29, 0.717) is 16.4 Å². The van der Waals surface area contributed by atoms with Gasteiger partial charge in [-0.2, -0.15) is 13.2 Å². The zero-order valence-electron chi connectivity index (χ0n) is 11.8. The second-order valence-electron chi connectivity index (χ2n) is 6.15. The molecule has 1 aliphatic carbocycles. The molecule has 1 saturated carbocycles. The van der Waals surface area contributed by atoms with Gasteiger partial charge in [-0.15, -0.1) is 11.8 Å². The first kappa shape index (κ1) is 15.5. The smallest absolute Gasteiger partial charge is 0.381 e. The van der Waals surface area contributed by atoms with Gasteiger partial charge in [-0.25, -0.2) is 0 Å². The molecule has 0 aliphatic heterocycles. The molecule has 0 bridgehead atoms. The Kier molecular flexibility index (Phi) is 4.57. The Morgan fingerprint density at radius 2 is 2.00 bits per heavy atom. The number of halogens is 3. The van der Waals surface area contributed by atoms with Gasteiger partial charge in [-0.1, -0.05) is 26.0 Å². The molecule has 112 valence electrons. The number of hydrogen-bond acceptors (Lipinski definition) is 2. The van der Waals surface area contributed by atoms with E-state index in [1.54, 1.807) is 12.1 Å². The van der Waals surface area contributed by atoms with E-state index < -0.39 is 11.9 Å². The summed E-state index contributed by atoms with van der Waals surface area (Å²) in [6.07, 6.45) is -0.841. The van der Waals surface area contributed by atoms with Gasteiger partial charge in [0, 0.05) is 16.6 Å². The van der Waals surface area contributed by atoms with E-state index in [4.69, 9.17) is 0 Å². The van der Waals surface area contributed by atoms with Crippen LogP contribution in [-0.4, -0.2) is 18.0 Å². The zero-order chi connectivity index (χ0) is 14.8. The molecule has 2 rings (SSSR count). The third-order valence-corrected chi connectivity index (χ3v) is 4.75. The minimum absolute atomic E-state index is 0.325. The van der Waals surface area contributed by atoms with Gasteiger partial charge in [0.15, 0.2) is 0 Å². The fraction of sp³-hybridized carbons (Fsp3) is 0.600. The SMILES string of the molecule is CC1(C)CCC(Nc2ccccc2SCC(F)(F)F)C1. The quantitative estimate of drug-likeness (QED) is 0.754. The van der Waals surface area contributed by atoms with Crippen LogP contribution in [0.4, 0.5) is 18.9 Å². The van der Waals surface area contributed by atoms with Crippen molar-refractivity contribution in [3.05, 3.63) is 24.3 Å². The lowest BCUT2D eigenvalue weighted by molar-refractivity contribution is -0.105. The van der Waals surface area contributed by atoms with Gasteiger partial charge in [-0.3, -0.25) is 0 Å². The Labute approximate surface area is 122 Å². The van der Waals surface area contributed by atoms with Crippen molar-refractivity contribution in [3.8, 4) is 0 Å². The monoisotopic (exact) mass is 303 g/mol. The fourth-order valence-electron chi connectivity index (χ4n) is 2.65. The molecule has 0 aromatic heterocycles. The average Bonchev–Trinajstić information content (AvgIpc) is 2.66. The van der Waals surface area contributed by atoms with Crippen molar-refractivity contribution < 1.29 is 13.2 Å². The lowest BCUT2D eigenvalue weighted by atomic mass is 9.92. The summed E-state index contributed by atoms with van der Waals surface area (Å²) in [7, 11) is 0. The van der Waals surface area contributed by atoms with E-state index in [1.807, 2.05) is 12.1 Å². The Morgan fingerprint density at radius 1 is 1.30 bits per heavy atom. The molecule has 1 aromatic rings. The number of rotatable bonds is 4. The molecule has 0 saturated heterocycles. The molecule has 1 nitrogen and oxygen atoms in total. The van der Waals surface area contributed by atoms with Gasteiger partial charge in [0.05, 0.1) is 5.75 Å². The summed E-state index contributed by atoms with van der Waals surface area (Å²) in [6.45, 7) is 4.47. The van der Waals surface area contributed by atoms with Crippen LogP contribution >= 0.6 is 11.8 Å². The third kappa shape index (κ3) is 4.62. The summed E-state index contributed by atoms with van der Waals surface area (Å²) in [5.74, 6) is -0.845. The van der Waals surface area contributed by atoms with Crippen molar-refractivity contribution in [2.24, 2.45) is 5.41 Å². The summed E-state index contributed by atoms with van der Waals surface area (Å²) in [5, 5.41) is 3.41. The van der Waals surface area contributed by atoms with Crippen LogP contribution in [0, 0.1) is 5.41 Å². The number of hydrogen-bond donors (Lipinski definition) is 1. The van der Waals surface area contributed by atoms with Crippen molar-refractivity contribution in [1.82, 2.24) is 0 Å². The number of thioether (sulfide) groups is 1. The first-order valence-electron chi connectivity index (χ1n) is 6.80. The lowest BCUT2D eigenvalue weighted by Gasteiger charge is -2.20. The first-order chi connectivity index (χ1) is 9.25. The highest BCUT2D eigenvalue weighted by Crippen LogP contribution is 2.40. The molecular weight excluding hydrogens is 283 g/mol. The Balaban J connectivity index is 2.01. The number of anilines is 1. The van der Waals surface area contributed by atoms with Gasteiger partial charge in [0.1, 0.15) is 0 Å². The van der Waals surface area contributed by atoms with Crippen LogP contribution < -0.4 is 5.32 Å². The molecule has 5 heteroatoms. The highest BCUT2D eigenvalue weighted by atomic mass is 32.2. The van der Waals surface area contributed by atoms with Crippen molar-refractivity contribution in [1.29, 1.82) is 0 Å². The van der Waals surface area contributed by atoms with Crippen molar-refractivity contribution in [3.63, 3.8) is 0 Å². The average molecular weight is 303 g/mol. The lowest BCUT2D eigenvalue weighted by Crippen LogP contribution is -2.18. The fourth-order valence-corrected chi connectivity index (χ4v) is 3.43. The molecule has 20 heavy (non-hydrogen) atoms. The van der Waals surface area contributed by atoms with Gasteiger partial charge >= 0.3 is 6.18 Å². The highest BCUT2D eigenvalue weighted by Gasteiger charge is 2.31. The predicted molar refractivity (Wildman–Crippen MR) is 78.3 cm³/mol. The summed E-state index contributed by atoms with van der Waals surface area (Å²) >= 11 is 0.850. The molecule has 1 atom stereocenters. The molecule has 0 spiro atoms. The molecule has 1 aromatic carbocycles. The maximum atomic E-state index is 12.3. The van der Waals surface area contributed by atoms with E-state index >= 15 is 0 Å². The van der Waals surface area contributed by atoms with Gasteiger partial charge in [0.2, 0.25) is 0 Å². The van der Waals surface area contributed by atoms with Crippen molar-refractivity contribution in [2.75, 3.05) is 11.1 Å². The molecule has 0 radical (unpaired) electrons. The van der Waals surface area contributed by atoms with Gasteiger partial charge in [-0.05, 0) is 36.8 Å². The van der Waals surface area contributed by atoms with Crippen LogP contribution in [0.5, 0.6) is 0 Å². The first-order valence-corrected chi connectivity index (χ1v) is 7.79. The summed E-state index contributed by atoms with van der Waals surface area (Å²) in [5.41, 5.74) is 1.15. The third-order valence-electron chi connectivity index (χ3n) is 3.61. The zero-order valence-corrected chi connectivity index (χ0v) is 12.6. The standard InChI is InChI=1S/C15H20F3NS/c1-14(2)8-7-11(9-14)19-12-5-3-4-6-13(12)20-10-15(16,17)18/h3-6,11,19H,7-10H2,1-2H3. The second kappa shape index (κ2) is 5.88. The van der Waals surface area contributed by atoms with Crippen LogP contribution in [0.1, 0.15) is 33.1 Å². The van der Waals surface area contributed by atoms with E-state index in [9.17, 15) is 13.2 Å². The summed E-state index contributed by atoms with van der Waals surface area (Å²) in [4.78, 5) is 0.675. The van der Waals surface area contributed by atoms with E-state index in [2.05, 4.69) is 19.2 Å². The molecule has 1 N–H and O–H groups in total. The minimum atomic E-state index is -4.13. The maximum Gasteiger partial charge on any atom is 0.398 e. The Bertz CT molecular complexity index is 457. The Morgan fingerprint density at radius 3 is 2.60 bits per heavy atom. The van der Waals surface area contributed by atoms with Crippen molar-refractivity contribution in [2.45, 2.75) is 50.2 Å². The largest absolute Gasteiger partial charge is 0.398 e. The normalized spacial score (nSPS) is 21.9. The van der Waals surface area contributed by atoms with Crippen LogP contribution in [0.15, 0.2) is 29.2 Å². The van der Waals surface area contributed by atoms with Crippen molar-refractivity contribution >= 4 is 17.4 Å². The van der Waals surface area contributed by atoms with Crippen LogP contribution in [0.25, 0.3) is 0 Å². The van der Waals surface area contributed by atoms with Crippen LogP contribution in [0.3, 0.4) is 0 Å². The summed E-state index contributed by atoms with van der Waals surface area (Å²) in [6, 6.07) is 7.61. The topological polar surface area (TPSA) is 12.0 Å². The predicted octanol–water partition coefficient (Wildman–Crippen LogP) is 5.33. The summed E-state index contributed by atoms with van der Waals surface area (Å²) < 4.78 is 37.0. The Hall–Kier alpha value is -0.840. The number of nitrogens with one attached hydrogen (secondary N) is 1. The number of alkyl halides is 3. The minimum Gasteiger partial charge on any atom is -0.381 e. The van der Waals surface area contributed by atoms with E-state index in [-0.39, 0.29) is 0 Å². The molecule has 0 heterocycles. The number of para-hydroxylation sites is 1. The molecular formula is C15H20F3NS. The molecule has 1 aliphatic rings. The highest BCUT2D eigenvalue weighted by molar-refractivity contribution is 7.99.